The highest BCUT2D eigenvalue weighted by atomic mass is 32.2. The monoisotopic (exact) mass is 456 g/mol. The normalized spacial score (nSPS) is 13.7. The Bertz CT molecular complexity index is 943. The molecule has 172 valence electrons. The van der Waals surface area contributed by atoms with Crippen LogP contribution in [0.5, 0.6) is 17.2 Å². The Morgan fingerprint density at radius 2 is 1.69 bits per heavy atom. The van der Waals surface area contributed by atoms with Crippen molar-refractivity contribution >= 4 is 17.6 Å². The van der Waals surface area contributed by atoms with Crippen LogP contribution in [0.1, 0.15) is 45.1 Å². The zero-order chi connectivity index (χ0) is 23.1. The summed E-state index contributed by atoms with van der Waals surface area (Å²) in [6.07, 6.45) is 4.49. The van der Waals surface area contributed by atoms with Crippen LogP contribution in [0.3, 0.4) is 0 Å². The van der Waals surface area contributed by atoms with Crippen molar-refractivity contribution in [2.75, 3.05) is 45.1 Å². The number of nitriles is 1. The molecule has 0 spiro atoms. The quantitative estimate of drug-likeness (QED) is 0.378. The van der Waals surface area contributed by atoms with Crippen LogP contribution in [-0.2, 0) is 0 Å². The van der Waals surface area contributed by atoms with Crippen molar-refractivity contribution < 1.29 is 14.2 Å². The molecule has 1 saturated heterocycles. The van der Waals surface area contributed by atoms with Crippen molar-refractivity contribution in [1.29, 1.82) is 5.26 Å². The number of benzene rings is 1. The van der Waals surface area contributed by atoms with Crippen molar-refractivity contribution in [3.63, 3.8) is 0 Å². The molecule has 32 heavy (non-hydrogen) atoms. The molecule has 2 heterocycles. The summed E-state index contributed by atoms with van der Waals surface area (Å²) in [6.45, 7) is 6.22. The van der Waals surface area contributed by atoms with Gasteiger partial charge in [0.2, 0.25) is 5.75 Å². The molecule has 8 heteroatoms. The third kappa shape index (κ3) is 5.39. The Labute approximate surface area is 195 Å². The molecular formula is C24H32N4O3S. The number of rotatable bonds is 9. The maximum absolute atomic E-state index is 10.1. The Hall–Kier alpha value is -2.66. The second-order valence-corrected chi connectivity index (χ2v) is 9.22. The number of nitrogens with zero attached hydrogens (tertiary/aromatic N) is 4. The molecule has 1 fully saturated rings. The van der Waals surface area contributed by atoms with Crippen LogP contribution in [0.25, 0.3) is 11.3 Å². The third-order valence-corrected chi connectivity index (χ3v) is 6.38. The lowest BCUT2D eigenvalue weighted by Gasteiger charge is -2.29. The molecule has 7 nitrogen and oxygen atoms in total. The standard InChI is InChI=1S/C24H32N4O3S/c1-16(2)9-12-32-24-26-21(17-13-19(29-3)22(31-5)20(14-17)30-4)18(15-25)23(27-24)28-10-7-6-8-11-28/h13-14,16H,6-12H2,1-5H3. The van der Waals surface area contributed by atoms with E-state index in [9.17, 15) is 5.26 Å². The fourth-order valence-electron chi connectivity index (χ4n) is 3.74. The number of hydrogen-bond acceptors (Lipinski definition) is 8. The SMILES string of the molecule is COc1cc(-c2nc(SCCC(C)C)nc(N3CCCCC3)c2C#N)cc(OC)c1OC. The minimum Gasteiger partial charge on any atom is -0.493 e. The zero-order valence-corrected chi connectivity index (χ0v) is 20.4. The summed E-state index contributed by atoms with van der Waals surface area (Å²) in [6, 6.07) is 6.06. The summed E-state index contributed by atoms with van der Waals surface area (Å²) in [5.74, 6) is 3.82. The molecule has 0 N–H and O–H groups in total. The molecule has 1 aliphatic heterocycles. The fourth-order valence-corrected chi connectivity index (χ4v) is 4.82. The minimum atomic E-state index is 0.481. The molecule has 1 aromatic carbocycles. The Morgan fingerprint density at radius 3 is 2.22 bits per heavy atom. The molecule has 0 amide bonds. The molecule has 0 aliphatic carbocycles. The van der Waals surface area contributed by atoms with Gasteiger partial charge in [-0.1, -0.05) is 25.6 Å². The van der Waals surface area contributed by atoms with Crippen LogP contribution in [0.4, 0.5) is 5.82 Å². The van der Waals surface area contributed by atoms with Crippen LogP contribution in [0.2, 0.25) is 0 Å². The van der Waals surface area contributed by atoms with E-state index in [1.54, 1.807) is 33.1 Å². The maximum atomic E-state index is 10.1. The van der Waals surface area contributed by atoms with Crippen molar-refractivity contribution in [3.8, 4) is 34.6 Å². The van der Waals surface area contributed by atoms with Crippen LogP contribution in [-0.4, -0.2) is 50.1 Å². The van der Waals surface area contributed by atoms with E-state index in [2.05, 4.69) is 24.8 Å². The number of piperidine rings is 1. The molecule has 0 saturated carbocycles. The zero-order valence-electron chi connectivity index (χ0n) is 19.6. The van der Waals surface area contributed by atoms with Crippen molar-refractivity contribution in [1.82, 2.24) is 9.97 Å². The molecule has 3 rings (SSSR count). The van der Waals surface area contributed by atoms with E-state index in [1.165, 1.54) is 6.42 Å². The number of anilines is 1. The Balaban J connectivity index is 2.15. The van der Waals surface area contributed by atoms with Gasteiger partial charge in [0.15, 0.2) is 22.5 Å². The lowest BCUT2D eigenvalue weighted by molar-refractivity contribution is 0.324. The first-order valence-electron chi connectivity index (χ1n) is 11.0. The number of ether oxygens (including phenoxy) is 3. The molecule has 1 aliphatic rings. The van der Waals surface area contributed by atoms with Crippen molar-refractivity contribution in [3.05, 3.63) is 17.7 Å². The van der Waals surface area contributed by atoms with Gasteiger partial charge in [-0.05, 0) is 43.7 Å². The molecule has 0 unspecified atom stereocenters. The highest BCUT2D eigenvalue weighted by Crippen LogP contribution is 2.42. The van der Waals surface area contributed by atoms with E-state index in [0.717, 1.165) is 49.5 Å². The summed E-state index contributed by atoms with van der Waals surface area (Å²) in [5.41, 5.74) is 1.81. The highest BCUT2D eigenvalue weighted by molar-refractivity contribution is 7.99. The van der Waals surface area contributed by atoms with Gasteiger partial charge in [-0.3, -0.25) is 0 Å². The molecule has 0 atom stereocenters. The van der Waals surface area contributed by atoms with Gasteiger partial charge in [0.25, 0.3) is 0 Å². The van der Waals surface area contributed by atoms with E-state index < -0.39 is 0 Å². The molecule has 0 radical (unpaired) electrons. The summed E-state index contributed by atoms with van der Waals surface area (Å²) >= 11 is 1.64. The average Bonchev–Trinajstić information content (AvgIpc) is 2.82. The van der Waals surface area contributed by atoms with E-state index in [1.807, 2.05) is 12.1 Å². The van der Waals surface area contributed by atoms with E-state index in [-0.39, 0.29) is 0 Å². The highest BCUT2D eigenvalue weighted by Gasteiger charge is 2.24. The maximum Gasteiger partial charge on any atom is 0.203 e. The van der Waals surface area contributed by atoms with Gasteiger partial charge in [-0.15, -0.1) is 0 Å². The summed E-state index contributed by atoms with van der Waals surface area (Å²) in [7, 11) is 4.74. The van der Waals surface area contributed by atoms with Gasteiger partial charge < -0.3 is 19.1 Å². The first-order chi connectivity index (χ1) is 15.5. The van der Waals surface area contributed by atoms with Gasteiger partial charge >= 0.3 is 0 Å². The second-order valence-electron chi connectivity index (χ2n) is 8.16. The lowest BCUT2D eigenvalue weighted by atomic mass is 10.0. The average molecular weight is 457 g/mol. The summed E-state index contributed by atoms with van der Waals surface area (Å²) in [5, 5.41) is 10.8. The van der Waals surface area contributed by atoms with Crippen LogP contribution in [0, 0.1) is 17.2 Å². The Kier molecular flexibility index (Phi) is 8.46. The summed E-state index contributed by atoms with van der Waals surface area (Å²) < 4.78 is 16.5. The predicted molar refractivity (Wildman–Crippen MR) is 128 cm³/mol. The topological polar surface area (TPSA) is 80.5 Å². The van der Waals surface area contributed by atoms with Crippen molar-refractivity contribution in [2.45, 2.75) is 44.7 Å². The minimum absolute atomic E-state index is 0.481. The van der Waals surface area contributed by atoms with Crippen LogP contribution in [0.15, 0.2) is 17.3 Å². The molecule has 2 aromatic rings. The van der Waals surface area contributed by atoms with Gasteiger partial charge in [-0.25, -0.2) is 9.97 Å². The van der Waals surface area contributed by atoms with Gasteiger partial charge in [0, 0.05) is 24.4 Å². The Morgan fingerprint density at radius 1 is 1.03 bits per heavy atom. The number of hydrogen-bond donors (Lipinski definition) is 0. The largest absolute Gasteiger partial charge is 0.493 e. The fraction of sp³-hybridized carbons (Fsp3) is 0.542. The first kappa shape index (κ1) is 24.0. The van der Waals surface area contributed by atoms with E-state index in [0.29, 0.717) is 39.6 Å². The summed E-state index contributed by atoms with van der Waals surface area (Å²) in [4.78, 5) is 11.9. The van der Waals surface area contributed by atoms with Gasteiger partial charge in [-0.2, -0.15) is 5.26 Å². The van der Waals surface area contributed by atoms with E-state index in [4.69, 9.17) is 24.2 Å². The number of methoxy groups -OCH3 is 3. The molecule has 0 bridgehead atoms. The van der Waals surface area contributed by atoms with Crippen molar-refractivity contribution in [2.24, 2.45) is 5.92 Å². The molecule has 1 aromatic heterocycles. The third-order valence-electron chi connectivity index (χ3n) is 5.50. The lowest BCUT2D eigenvalue weighted by Crippen LogP contribution is -2.31. The van der Waals surface area contributed by atoms with E-state index >= 15 is 0 Å². The first-order valence-corrected chi connectivity index (χ1v) is 12.0. The van der Waals surface area contributed by atoms with Crippen LogP contribution >= 0.6 is 11.8 Å². The predicted octanol–water partition coefficient (Wildman–Crippen LogP) is 5.17. The van der Waals surface area contributed by atoms with Crippen LogP contribution < -0.4 is 19.1 Å². The number of aromatic nitrogens is 2. The van der Waals surface area contributed by atoms with Gasteiger partial charge in [0.1, 0.15) is 11.6 Å². The van der Waals surface area contributed by atoms with Gasteiger partial charge in [0.05, 0.1) is 27.0 Å². The number of thioether (sulfide) groups is 1. The second kappa shape index (κ2) is 11.3. The smallest absolute Gasteiger partial charge is 0.203 e. The molecular weight excluding hydrogens is 424 g/mol.